The molecule has 0 spiro atoms. The Bertz CT molecular complexity index is 659. The number of pyridine rings is 1. The van der Waals surface area contributed by atoms with Gasteiger partial charge in [-0.15, -0.1) is 0 Å². The van der Waals surface area contributed by atoms with E-state index in [2.05, 4.69) is 9.88 Å². The van der Waals surface area contributed by atoms with E-state index < -0.39 is 0 Å². The van der Waals surface area contributed by atoms with E-state index in [9.17, 15) is 15.2 Å². The molecule has 1 atom stereocenters. The van der Waals surface area contributed by atoms with Crippen LogP contribution in [0.15, 0.2) is 30.6 Å². The molecule has 1 N–H and O–H groups in total. The fraction of sp³-hybridized carbons (Fsp3) is 0.357. The van der Waals surface area contributed by atoms with Crippen molar-refractivity contribution in [1.29, 1.82) is 0 Å². The van der Waals surface area contributed by atoms with Crippen molar-refractivity contribution in [2.45, 2.75) is 18.9 Å². The summed E-state index contributed by atoms with van der Waals surface area (Å²) in [5.41, 5.74) is 0.987. The van der Waals surface area contributed by atoms with Gasteiger partial charge in [0.25, 0.3) is 5.69 Å². The number of anilines is 1. The molecule has 20 heavy (non-hydrogen) atoms. The fourth-order valence-electron chi connectivity index (χ4n) is 2.77. The molecule has 1 aliphatic rings. The standard InChI is InChI=1S/C14H15N3O3/c18-10-2-1-7-16(9-10)13-3-4-14(17(19)20)11-5-6-15-8-12(11)13/h3-6,8,10,18H,1-2,7,9H2. The van der Waals surface area contributed by atoms with E-state index in [-0.39, 0.29) is 16.7 Å². The molecule has 0 bridgehead atoms. The highest BCUT2D eigenvalue weighted by Gasteiger charge is 2.22. The third-order valence-electron chi connectivity index (χ3n) is 3.71. The Morgan fingerprint density at radius 2 is 2.20 bits per heavy atom. The predicted molar refractivity (Wildman–Crippen MR) is 75.9 cm³/mol. The van der Waals surface area contributed by atoms with E-state index >= 15 is 0 Å². The molecule has 6 heteroatoms. The van der Waals surface area contributed by atoms with E-state index in [0.29, 0.717) is 11.9 Å². The van der Waals surface area contributed by atoms with Crippen LogP contribution in [0, 0.1) is 10.1 Å². The number of piperidine rings is 1. The first-order valence-electron chi connectivity index (χ1n) is 6.61. The lowest BCUT2D eigenvalue weighted by molar-refractivity contribution is -0.383. The highest BCUT2D eigenvalue weighted by Crippen LogP contribution is 2.34. The number of hydrogen-bond donors (Lipinski definition) is 1. The number of nitrogens with zero attached hydrogens (tertiary/aromatic N) is 3. The monoisotopic (exact) mass is 273 g/mol. The molecule has 104 valence electrons. The van der Waals surface area contributed by atoms with E-state index in [1.807, 2.05) is 0 Å². The summed E-state index contributed by atoms with van der Waals surface area (Å²) in [6, 6.07) is 4.94. The number of benzene rings is 1. The number of fused-ring (bicyclic) bond motifs is 1. The summed E-state index contributed by atoms with van der Waals surface area (Å²) >= 11 is 0. The number of aliphatic hydroxyl groups excluding tert-OH is 1. The number of non-ortho nitro benzene ring substituents is 1. The van der Waals surface area contributed by atoms with Crippen LogP contribution in [0.5, 0.6) is 0 Å². The van der Waals surface area contributed by atoms with Crippen molar-refractivity contribution < 1.29 is 10.0 Å². The second kappa shape index (κ2) is 5.05. The van der Waals surface area contributed by atoms with Crippen LogP contribution in [-0.4, -0.2) is 34.2 Å². The lowest BCUT2D eigenvalue weighted by Crippen LogP contribution is -2.38. The molecule has 0 radical (unpaired) electrons. The Balaban J connectivity index is 2.12. The number of aromatic nitrogens is 1. The summed E-state index contributed by atoms with van der Waals surface area (Å²) in [7, 11) is 0. The minimum absolute atomic E-state index is 0.0868. The van der Waals surface area contributed by atoms with E-state index in [1.54, 1.807) is 24.5 Å². The second-order valence-corrected chi connectivity index (χ2v) is 5.02. The number of rotatable bonds is 2. The zero-order valence-corrected chi connectivity index (χ0v) is 10.9. The van der Waals surface area contributed by atoms with Gasteiger partial charge in [0.2, 0.25) is 0 Å². The number of hydrogen-bond acceptors (Lipinski definition) is 5. The normalized spacial score (nSPS) is 19.2. The first-order valence-corrected chi connectivity index (χ1v) is 6.61. The highest BCUT2D eigenvalue weighted by molar-refractivity contribution is 5.99. The zero-order chi connectivity index (χ0) is 14.1. The Labute approximate surface area is 115 Å². The van der Waals surface area contributed by atoms with Crippen LogP contribution < -0.4 is 4.90 Å². The average Bonchev–Trinajstić information content (AvgIpc) is 2.46. The quantitative estimate of drug-likeness (QED) is 0.669. The Morgan fingerprint density at radius 1 is 1.35 bits per heavy atom. The van der Waals surface area contributed by atoms with E-state index in [4.69, 9.17) is 0 Å². The largest absolute Gasteiger partial charge is 0.391 e. The minimum atomic E-state index is -0.378. The summed E-state index contributed by atoms with van der Waals surface area (Å²) < 4.78 is 0. The molecule has 0 aliphatic carbocycles. The topological polar surface area (TPSA) is 79.5 Å². The lowest BCUT2D eigenvalue weighted by atomic mass is 10.0. The third-order valence-corrected chi connectivity index (χ3v) is 3.71. The van der Waals surface area contributed by atoms with Crippen molar-refractivity contribution in [3.63, 3.8) is 0 Å². The first kappa shape index (κ1) is 12.8. The zero-order valence-electron chi connectivity index (χ0n) is 10.9. The van der Waals surface area contributed by atoms with Crippen LogP contribution in [0.2, 0.25) is 0 Å². The summed E-state index contributed by atoms with van der Waals surface area (Å²) in [5.74, 6) is 0. The predicted octanol–water partition coefficient (Wildman–Crippen LogP) is 2.10. The Hall–Kier alpha value is -2.21. The van der Waals surface area contributed by atoms with Gasteiger partial charge in [-0.05, 0) is 25.0 Å². The third kappa shape index (κ3) is 2.18. The van der Waals surface area contributed by atoms with Gasteiger partial charge in [0.1, 0.15) is 0 Å². The smallest absolute Gasteiger partial charge is 0.277 e. The van der Waals surface area contributed by atoms with Crippen molar-refractivity contribution >= 4 is 22.1 Å². The fourth-order valence-corrected chi connectivity index (χ4v) is 2.77. The molecule has 2 heterocycles. The Kier molecular flexibility index (Phi) is 3.23. The maximum Gasteiger partial charge on any atom is 0.277 e. The van der Waals surface area contributed by atoms with Crippen LogP contribution in [0.3, 0.4) is 0 Å². The molecular weight excluding hydrogens is 258 g/mol. The van der Waals surface area contributed by atoms with Gasteiger partial charge >= 0.3 is 0 Å². The Morgan fingerprint density at radius 3 is 2.95 bits per heavy atom. The van der Waals surface area contributed by atoms with Crippen molar-refractivity contribution in [2.75, 3.05) is 18.0 Å². The molecule has 6 nitrogen and oxygen atoms in total. The van der Waals surface area contributed by atoms with Crippen LogP contribution in [0.1, 0.15) is 12.8 Å². The van der Waals surface area contributed by atoms with Crippen molar-refractivity contribution in [2.24, 2.45) is 0 Å². The van der Waals surface area contributed by atoms with E-state index in [1.165, 1.54) is 6.07 Å². The molecule has 1 unspecified atom stereocenters. The van der Waals surface area contributed by atoms with Crippen LogP contribution >= 0.6 is 0 Å². The maximum absolute atomic E-state index is 11.1. The molecule has 1 fully saturated rings. The van der Waals surface area contributed by atoms with Crippen LogP contribution in [0.4, 0.5) is 11.4 Å². The van der Waals surface area contributed by atoms with Gasteiger partial charge in [-0.3, -0.25) is 15.1 Å². The molecule has 2 aromatic rings. The van der Waals surface area contributed by atoms with Gasteiger partial charge in [-0.25, -0.2) is 0 Å². The van der Waals surface area contributed by atoms with Crippen molar-refractivity contribution in [3.05, 3.63) is 40.7 Å². The molecule has 0 saturated carbocycles. The number of aliphatic hydroxyl groups is 1. The molecule has 1 saturated heterocycles. The van der Waals surface area contributed by atoms with Crippen molar-refractivity contribution in [1.82, 2.24) is 4.98 Å². The van der Waals surface area contributed by atoms with Crippen LogP contribution in [-0.2, 0) is 0 Å². The minimum Gasteiger partial charge on any atom is -0.391 e. The first-order chi connectivity index (χ1) is 9.66. The molecule has 3 rings (SSSR count). The molecular formula is C14H15N3O3. The molecule has 1 aliphatic heterocycles. The van der Waals surface area contributed by atoms with Gasteiger partial charge in [0, 0.05) is 42.6 Å². The number of β-amino-alcohol motifs (C(OH)–C–C–N with tert-alkyl or cyclic N) is 1. The number of nitro benzene ring substituents is 1. The van der Waals surface area contributed by atoms with Gasteiger partial charge in [0.05, 0.1) is 16.4 Å². The summed E-state index contributed by atoms with van der Waals surface area (Å²) in [4.78, 5) is 16.9. The second-order valence-electron chi connectivity index (χ2n) is 5.02. The van der Waals surface area contributed by atoms with Crippen LogP contribution in [0.25, 0.3) is 10.8 Å². The van der Waals surface area contributed by atoms with Gasteiger partial charge in [-0.1, -0.05) is 0 Å². The highest BCUT2D eigenvalue weighted by atomic mass is 16.6. The number of nitro groups is 1. The lowest BCUT2D eigenvalue weighted by Gasteiger charge is -2.32. The van der Waals surface area contributed by atoms with Gasteiger partial charge in [-0.2, -0.15) is 0 Å². The average molecular weight is 273 g/mol. The molecule has 0 amide bonds. The molecule has 1 aromatic carbocycles. The maximum atomic E-state index is 11.1. The summed E-state index contributed by atoms with van der Waals surface area (Å²) in [6.07, 6.45) is 4.59. The van der Waals surface area contributed by atoms with E-state index in [0.717, 1.165) is 30.5 Å². The van der Waals surface area contributed by atoms with Gasteiger partial charge in [0.15, 0.2) is 0 Å². The summed E-state index contributed by atoms with van der Waals surface area (Å²) in [6.45, 7) is 1.40. The van der Waals surface area contributed by atoms with Crippen molar-refractivity contribution in [3.8, 4) is 0 Å². The molecule has 1 aromatic heterocycles. The van der Waals surface area contributed by atoms with Gasteiger partial charge < -0.3 is 10.0 Å². The summed E-state index contributed by atoms with van der Waals surface area (Å²) in [5, 5.41) is 22.2. The SMILES string of the molecule is O=[N+]([O-])c1ccc(N2CCCC(O)C2)c2cnccc12.